The summed E-state index contributed by atoms with van der Waals surface area (Å²) >= 11 is 6.11. The molecule has 0 saturated carbocycles. The summed E-state index contributed by atoms with van der Waals surface area (Å²) < 4.78 is 0. The lowest BCUT2D eigenvalue weighted by atomic mass is 9.79. The number of aromatic amines is 1. The van der Waals surface area contributed by atoms with Crippen LogP contribution < -0.4 is 10.6 Å². The summed E-state index contributed by atoms with van der Waals surface area (Å²) in [5.41, 5.74) is 3.51. The van der Waals surface area contributed by atoms with Gasteiger partial charge >= 0.3 is 0 Å². The van der Waals surface area contributed by atoms with Gasteiger partial charge in [-0.25, -0.2) is 0 Å². The zero-order valence-electron chi connectivity index (χ0n) is 23.0. The third-order valence-corrected chi connectivity index (χ3v) is 8.58. The van der Waals surface area contributed by atoms with E-state index in [1.165, 1.54) is 7.05 Å². The second kappa shape index (κ2) is 11.4. The van der Waals surface area contributed by atoms with Crippen molar-refractivity contribution < 1.29 is 19.2 Å². The smallest absolute Gasteiger partial charge is 0.253 e. The van der Waals surface area contributed by atoms with E-state index in [4.69, 9.17) is 11.6 Å². The van der Waals surface area contributed by atoms with Gasteiger partial charge in [0.15, 0.2) is 0 Å². The Morgan fingerprint density at radius 3 is 2.57 bits per heavy atom. The van der Waals surface area contributed by atoms with Crippen molar-refractivity contribution in [2.24, 2.45) is 17.8 Å². The van der Waals surface area contributed by atoms with Crippen LogP contribution in [-0.4, -0.2) is 88.2 Å². The highest BCUT2D eigenvalue weighted by molar-refractivity contribution is 6.31. The molecule has 4 amide bonds. The molecule has 3 unspecified atom stereocenters. The van der Waals surface area contributed by atoms with Crippen molar-refractivity contribution >= 4 is 57.2 Å². The number of fused-ring (bicyclic) bond motifs is 3. The SMILES string of the molecule is CNC(=O)CNC(=O)C1CN(C(=O)Cc2c[nH]c3cc(Cl)ccc23)CC2CN(C(=O)c3ccc4nccnc4c3)CC21. The van der Waals surface area contributed by atoms with Crippen molar-refractivity contribution in [1.82, 2.24) is 35.4 Å². The number of likely N-dealkylation sites (tertiary alicyclic amines) is 2. The zero-order valence-corrected chi connectivity index (χ0v) is 23.7. The van der Waals surface area contributed by atoms with Crippen molar-refractivity contribution in [2.75, 3.05) is 39.8 Å². The number of benzene rings is 2. The zero-order chi connectivity index (χ0) is 29.4. The monoisotopic (exact) mass is 587 g/mol. The van der Waals surface area contributed by atoms with Gasteiger partial charge in [0, 0.05) is 73.3 Å². The summed E-state index contributed by atoms with van der Waals surface area (Å²) in [6.07, 6.45) is 5.15. The Kier molecular flexibility index (Phi) is 7.51. The first-order valence-electron chi connectivity index (χ1n) is 13.8. The van der Waals surface area contributed by atoms with Gasteiger partial charge in [-0.2, -0.15) is 0 Å². The second-order valence-electron chi connectivity index (χ2n) is 10.9. The summed E-state index contributed by atoms with van der Waals surface area (Å²) in [5.74, 6) is -1.70. The number of nitrogens with zero attached hydrogens (tertiary/aromatic N) is 4. The fourth-order valence-electron chi connectivity index (χ4n) is 6.17. The van der Waals surface area contributed by atoms with Crippen LogP contribution in [0.2, 0.25) is 5.02 Å². The lowest BCUT2D eigenvalue weighted by Gasteiger charge is -2.39. The van der Waals surface area contributed by atoms with E-state index in [-0.39, 0.29) is 55.0 Å². The van der Waals surface area contributed by atoms with Crippen LogP contribution in [0.5, 0.6) is 0 Å². The molecule has 2 aliphatic rings. The third-order valence-electron chi connectivity index (χ3n) is 8.35. The van der Waals surface area contributed by atoms with E-state index in [1.54, 1.807) is 46.5 Å². The Hall–Kier alpha value is -4.51. The number of likely N-dealkylation sites (N-methyl/N-ethyl adjacent to an activating group) is 1. The number of nitrogens with one attached hydrogen (secondary N) is 3. The van der Waals surface area contributed by atoms with E-state index in [1.807, 2.05) is 18.3 Å². The van der Waals surface area contributed by atoms with Gasteiger partial charge in [0.1, 0.15) is 0 Å². The van der Waals surface area contributed by atoms with Crippen LogP contribution in [0.15, 0.2) is 55.0 Å². The molecule has 2 aromatic heterocycles. The predicted octanol–water partition coefficient (Wildman–Crippen LogP) is 2.02. The summed E-state index contributed by atoms with van der Waals surface area (Å²) in [7, 11) is 1.50. The number of aromatic nitrogens is 3. The van der Waals surface area contributed by atoms with Gasteiger partial charge in [0.25, 0.3) is 5.91 Å². The molecule has 2 fully saturated rings. The van der Waals surface area contributed by atoms with Gasteiger partial charge in [0.05, 0.1) is 29.9 Å². The van der Waals surface area contributed by atoms with E-state index >= 15 is 0 Å². The van der Waals surface area contributed by atoms with Gasteiger partial charge in [-0.05, 0) is 47.7 Å². The maximum absolute atomic E-state index is 13.6. The average molecular weight is 588 g/mol. The van der Waals surface area contributed by atoms with Crippen molar-refractivity contribution in [3.63, 3.8) is 0 Å². The molecule has 0 bridgehead atoms. The first-order chi connectivity index (χ1) is 20.3. The van der Waals surface area contributed by atoms with Crippen molar-refractivity contribution in [3.05, 3.63) is 71.1 Å². The van der Waals surface area contributed by atoms with E-state index in [0.717, 1.165) is 16.5 Å². The average Bonchev–Trinajstić information content (AvgIpc) is 3.62. The van der Waals surface area contributed by atoms with Crippen molar-refractivity contribution in [2.45, 2.75) is 6.42 Å². The Balaban J connectivity index is 1.22. The molecule has 0 radical (unpaired) electrons. The van der Waals surface area contributed by atoms with Crippen LogP contribution in [-0.2, 0) is 20.8 Å². The van der Waals surface area contributed by atoms with Crippen molar-refractivity contribution in [3.8, 4) is 0 Å². The summed E-state index contributed by atoms with van der Waals surface area (Å²) in [6.45, 7) is 1.28. The highest BCUT2D eigenvalue weighted by Crippen LogP contribution is 2.37. The minimum atomic E-state index is -0.570. The standard InChI is InChI=1S/C30H30ClN7O4/c1-32-27(39)12-36-29(41)23-16-37(28(40)9-18-11-35-25-10-20(31)3-4-21(18)25)13-19-14-38(15-22(19)23)30(42)17-2-5-24-26(8-17)34-7-6-33-24/h2-8,10-11,19,22-23,35H,9,12-16H2,1H3,(H,32,39)(H,36,41). The highest BCUT2D eigenvalue weighted by Gasteiger charge is 2.47. The molecule has 11 nitrogen and oxygen atoms in total. The van der Waals surface area contributed by atoms with Crippen LogP contribution in [0.1, 0.15) is 15.9 Å². The number of halogens is 1. The molecule has 0 spiro atoms. The third kappa shape index (κ3) is 5.39. The first-order valence-corrected chi connectivity index (χ1v) is 14.2. The van der Waals surface area contributed by atoms with Crippen LogP contribution in [0, 0.1) is 17.8 Å². The van der Waals surface area contributed by atoms with E-state index in [2.05, 4.69) is 25.6 Å². The molecule has 216 valence electrons. The molecule has 4 aromatic rings. The molecular weight excluding hydrogens is 558 g/mol. The topological polar surface area (TPSA) is 140 Å². The van der Waals surface area contributed by atoms with Crippen molar-refractivity contribution in [1.29, 1.82) is 0 Å². The minimum Gasteiger partial charge on any atom is -0.361 e. The Morgan fingerprint density at radius 1 is 0.976 bits per heavy atom. The quantitative estimate of drug-likeness (QED) is 0.315. The van der Waals surface area contributed by atoms with Gasteiger partial charge in [-0.3, -0.25) is 29.1 Å². The predicted molar refractivity (Wildman–Crippen MR) is 157 cm³/mol. The molecule has 3 N–H and O–H groups in total. The Morgan fingerprint density at radius 2 is 1.76 bits per heavy atom. The second-order valence-corrected chi connectivity index (χ2v) is 11.3. The highest BCUT2D eigenvalue weighted by atomic mass is 35.5. The number of hydrogen-bond donors (Lipinski definition) is 3. The van der Waals surface area contributed by atoms with Gasteiger partial charge in [-0.15, -0.1) is 0 Å². The van der Waals surface area contributed by atoms with Gasteiger partial charge < -0.3 is 25.4 Å². The molecule has 2 saturated heterocycles. The van der Waals surface area contributed by atoms with Crippen LogP contribution in [0.3, 0.4) is 0 Å². The molecule has 0 aliphatic carbocycles. The number of H-pyrrole nitrogens is 1. The van der Waals surface area contributed by atoms with Crippen LogP contribution in [0.4, 0.5) is 0 Å². The largest absolute Gasteiger partial charge is 0.361 e. The van der Waals surface area contributed by atoms with Crippen LogP contribution in [0.25, 0.3) is 21.9 Å². The number of hydrogen-bond acceptors (Lipinski definition) is 6. The fourth-order valence-corrected chi connectivity index (χ4v) is 6.34. The minimum absolute atomic E-state index is 0.0931. The normalized spacial score (nSPS) is 20.0. The molecule has 12 heteroatoms. The lowest BCUT2D eigenvalue weighted by Crippen LogP contribution is -2.54. The number of rotatable bonds is 6. The maximum Gasteiger partial charge on any atom is 0.253 e. The molecular formula is C30H30ClN7O4. The summed E-state index contributed by atoms with van der Waals surface area (Å²) in [6, 6.07) is 10.7. The first kappa shape index (κ1) is 27.6. The Labute approximate surface area is 246 Å². The molecule has 3 atom stereocenters. The summed E-state index contributed by atoms with van der Waals surface area (Å²) in [4.78, 5) is 67.6. The molecule has 6 rings (SSSR count). The number of piperidine rings is 1. The molecule has 2 aliphatic heterocycles. The van der Waals surface area contributed by atoms with E-state index in [0.29, 0.717) is 41.3 Å². The lowest BCUT2D eigenvalue weighted by molar-refractivity contribution is -0.139. The number of amides is 4. The molecule has 4 heterocycles. The molecule has 42 heavy (non-hydrogen) atoms. The van der Waals surface area contributed by atoms with E-state index < -0.39 is 5.92 Å². The molecule has 2 aromatic carbocycles. The summed E-state index contributed by atoms with van der Waals surface area (Å²) in [5, 5.41) is 6.74. The number of carbonyl (C=O) groups excluding carboxylic acids is 4. The van der Waals surface area contributed by atoms with Gasteiger partial charge in [0.2, 0.25) is 17.7 Å². The van der Waals surface area contributed by atoms with E-state index in [9.17, 15) is 19.2 Å². The Bertz CT molecular complexity index is 1710. The van der Waals surface area contributed by atoms with Gasteiger partial charge in [-0.1, -0.05) is 17.7 Å². The van der Waals surface area contributed by atoms with Crippen LogP contribution >= 0.6 is 11.6 Å². The number of carbonyl (C=O) groups is 4. The maximum atomic E-state index is 13.6. The fraction of sp³-hybridized carbons (Fsp3) is 0.333.